The Kier molecular flexibility index (Phi) is 5.00. The molecule has 0 saturated heterocycles. The highest BCUT2D eigenvalue weighted by atomic mass is 32.1. The fourth-order valence-corrected chi connectivity index (χ4v) is 1.73. The molecule has 1 aromatic heterocycles. The molecule has 0 aliphatic carbocycles. The summed E-state index contributed by atoms with van der Waals surface area (Å²) in [4.78, 5) is 0. The first-order valence-electron chi connectivity index (χ1n) is 4.89. The lowest BCUT2D eigenvalue weighted by Gasteiger charge is -1.98. The summed E-state index contributed by atoms with van der Waals surface area (Å²) < 4.78 is 5.36. The Hall–Kier alpha value is -0.520. The standard InChI is InChI=1S/C9H17N3OS/c1-3-5-13-6-4-8-11-12-9(14-8)7(2)10/h7H,3-6,10H2,1-2H3. The molecule has 1 unspecified atom stereocenters. The summed E-state index contributed by atoms with van der Waals surface area (Å²) in [6.45, 7) is 5.55. The van der Waals surface area contributed by atoms with Crippen molar-refractivity contribution in [3.8, 4) is 0 Å². The molecule has 0 aliphatic heterocycles. The first-order valence-corrected chi connectivity index (χ1v) is 5.71. The van der Waals surface area contributed by atoms with Crippen LogP contribution < -0.4 is 5.73 Å². The van der Waals surface area contributed by atoms with Crippen LogP contribution in [0.4, 0.5) is 0 Å². The topological polar surface area (TPSA) is 61.0 Å². The van der Waals surface area contributed by atoms with Crippen LogP contribution in [0.2, 0.25) is 0 Å². The van der Waals surface area contributed by atoms with Crippen LogP contribution in [-0.2, 0) is 11.2 Å². The molecule has 5 heteroatoms. The van der Waals surface area contributed by atoms with Crippen molar-refractivity contribution in [2.75, 3.05) is 13.2 Å². The van der Waals surface area contributed by atoms with E-state index in [4.69, 9.17) is 10.5 Å². The second kappa shape index (κ2) is 6.06. The minimum absolute atomic E-state index is 0.0159. The summed E-state index contributed by atoms with van der Waals surface area (Å²) in [5.41, 5.74) is 5.68. The fraction of sp³-hybridized carbons (Fsp3) is 0.778. The van der Waals surface area contributed by atoms with Gasteiger partial charge in [0.15, 0.2) is 0 Å². The van der Waals surface area contributed by atoms with Gasteiger partial charge in [-0.25, -0.2) is 0 Å². The average molecular weight is 215 g/mol. The molecule has 0 bridgehead atoms. The minimum atomic E-state index is -0.0159. The van der Waals surface area contributed by atoms with Crippen molar-refractivity contribution in [3.05, 3.63) is 10.0 Å². The van der Waals surface area contributed by atoms with Gasteiger partial charge in [-0.3, -0.25) is 0 Å². The molecule has 2 N–H and O–H groups in total. The number of hydrogen-bond acceptors (Lipinski definition) is 5. The lowest BCUT2D eigenvalue weighted by atomic mass is 10.4. The van der Waals surface area contributed by atoms with Gasteiger partial charge in [-0.15, -0.1) is 10.2 Å². The van der Waals surface area contributed by atoms with E-state index >= 15 is 0 Å². The van der Waals surface area contributed by atoms with Gasteiger partial charge in [0.1, 0.15) is 10.0 Å². The number of nitrogens with two attached hydrogens (primary N) is 1. The average Bonchev–Trinajstić information content (AvgIpc) is 2.61. The molecule has 0 aromatic carbocycles. The third-order valence-corrected chi connectivity index (χ3v) is 2.86. The van der Waals surface area contributed by atoms with Crippen LogP contribution in [0.1, 0.15) is 36.3 Å². The number of nitrogens with zero attached hydrogens (tertiary/aromatic N) is 2. The van der Waals surface area contributed by atoms with Gasteiger partial charge in [0.05, 0.1) is 12.6 Å². The van der Waals surface area contributed by atoms with Crippen molar-refractivity contribution in [2.24, 2.45) is 5.73 Å². The van der Waals surface area contributed by atoms with Crippen LogP contribution in [0.15, 0.2) is 0 Å². The van der Waals surface area contributed by atoms with Crippen LogP contribution in [0.25, 0.3) is 0 Å². The Morgan fingerprint density at radius 3 is 2.79 bits per heavy atom. The number of hydrogen-bond donors (Lipinski definition) is 1. The van der Waals surface area contributed by atoms with E-state index in [0.717, 1.165) is 36.1 Å². The monoisotopic (exact) mass is 215 g/mol. The number of rotatable bonds is 6. The Balaban J connectivity index is 2.29. The summed E-state index contributed by atoms with van der Waals surface area (Å²) in [5.74, 6) is 0. The van der Waals surface area contributed by atoms with E-state index in [1.54, 1.807) is 11.3 Å². The molecular formula is C9H17N3OS. The fourth-order valence-electron chi connectivity index (χ4n) is 0.958. The first kappa shape index (κ1) is 11.6. The summed E-state index contributed by atoms with van der Waals surface area (Å²) in [7, 11) is 0. The van der Waals surface area contributed by atoms with Crippen molar-refractivity contribution < 1.29 is 4.74 Å². The quantitative estimate of drug-likeness (QED) is 0.731. The van der Waals surface area contributed by atoms with E-state index in [-0.39, 0.29) is 6.04 Å². The molecule has 1 heterocycles. The van der Waals surface area contributed by atoms with Gasteiger partial charge in [-0.05, 0) is 13.3 Å². The van der Waals surface area contributed by atoms with E-state index in [2.05, 4.69) is 17.1 Å². The van der Waals surface area contributed by atoms with Crippen LogP contribution in [0.3, 0.4) is 0 Å². The van der Waals surface area contributed by atoms with Gasteiger partial charge in [0.2, 0.25) is 0 Å². The molecule has 0 amide bonds. The third kappa shape index (κ3) is 3.69. The third-order valence-electron chi connectivity index (χ3n) is 1.68. The Morgan fingerprint density at radius 2 is 2.21 bits per heavy atom. The van der Waals surface area contributed by atoms with E-state index in [9.17, 15) is 0 Å². The summed E-state index contributed by atoms with van der Waals surface area (Å²) in [6, 6.07) is -0.0159. The van der Waals surface area contributed by atoms with Crippen LogP contribution in [0.5, 0.6) is 0 Å². The Bertz CT molecular complexity index is 262. The van der Waals surface area contributed by atoms with E-state index in [1.165, 1.54) is 0 Å². The summed E-state index contributed by atoms with van der Waals surface area (Å²) in [6.07, 6.45) is 1.89. The van der Waals surface area contributed by atoms with Crippen molar-refractivity contribution in [1.29, 1.82) is 0 Å². The van der Waals surface area contributed by atoms with Crippen LogP contribution >= 0.6 is 11.3 Å². The van der Waals surface area contributed by atoms with Crippen molar-refractivity contribution in [2.45, 2.75) is 32.7 Å². The van der Waals surface area contributed by atoms with Gasteiger partial charge in [0, 0.05) is 13.0 Å². The smallest absolute Gasteiger partial charge is 0.133 e. The van der Waals surface area contributed by atoms with Crippen molar-refractivity contribution >= 4 is 11.3 Å². The maximum atomic E-state index is 5.68. The minimum Gasteiger partial charge on any atom is -0.381 e. The predicted molar refractivity (Wildman–Crippen MR) is 57.3 cm³/mol. The van der Waals surface area contributed by atoms with Crippen LogP contribution in [0, 0.1) is 0 Å². The Morgan fingerprint density at radius 1 is 1.43 bits per heavy atom. The molecule has 1 rings (SSSR count). The molecule has 0 saturated carbocycles. The van der Waals surface area contributed by atoms with Crippen molar-refractivity contribution in [1.82, 2.24) is 10.2 Å². The highest BCUT2D eigenvalue weighted by Gasteiger charge is 2.07. The zero-order chi connectivity index (χ0) is 10.4. The summed E-state index contributed by atoms with van der Waals surface area (Å²) >= 11 is 1.57. The number of aromatic nitrogens is 2. The first-order chi connectivity index (χ1) is 6.74. The molecule has 1 aromatic rings. The van der Waals surface area contributed by atoms with Crippen LogP contribution in [-0.4, -0.2) is 23.4 Å². The molecule has 80 valence electrons. The van der Waals surface area contributed by atoms with Crippen molar-refractivity contribution in [3.63, 3.8) is 0 Å². The molecule has 0 aliphatic rings. The molecule has 1 atom stereocenters. The van der Waals surface area contributed by atoms with Gasteiger partial charge in [-0.1, -0.05) is 18.3 Å². The maximum Gasteiger partial charge on any atom is 0.133 e. The molecule has 0 fully saturated rings. The lowest BCUT2D eigenvalue weighted by molar-refractivity contribution is 0.138. The van der Waals surface area contributed by atoms with Gasteiger partial charge in [-0.2, -0.15) is 0 Å². The second-order valence-electron chi connectivity index (χ2n) is 3.19. The SMILES string of the molecule is CCCOCCc1nnc(C(C)N)s1. The molecule has 4 nitrogen and oxygen atoms in total. The van der Waals surface area contributed by atoms with E-state index < -0.39 is 0 Å². The van der Waals surface area contributed by atoms with E-state index in [0.29, 0.717) is 0 Å². The lowest BCUT2D eigenvalue weighted by Crippen LogP contribution is -2.03. The zero-order valence-corrected chi connectivity index (χ0v) is 9.51. The largest absolute Gasteiger partial charge is 0.381 e. The van der Waals surface area contributed by atoms with E-state index in [1.807, 2.05) is 6.92 Å². The molecular weight excluding hydrogens is 198 g/mol. The Labute approximate surface area is 88.5 Å². The maximum absolute atomic E-state index is 5.68. The normalized spacial score (nSPS) is 13.1. The van der Waals surface area contributed by atoms with Gasteiger partial charge in [0.25, 0.3) is 0 Å². The molecule has 14 heavy (non-hydrogen) atoms. The zero-order valence-electron chi connectivity index (χ0n) is 8.69. The van der Waals surface area contributed by atoms with Gasteiger partial charge < -0.3 is 10.5 Å². The molecule has 0 spiro atoms. The predicted octanol–water partition coefficient (Wildman–Crippen LogP) is 1.53. The number of ether oxygens (including phenoxy) is 1. The summed E-state index contributed by atoms with van der Waals surface area (Å²) in [5, 5.41) is 9.95. The molecule has 0 radical (unpaired) electrons. The van der Waals surface area contributed by atoms with Gasteiger partial charge >= 0.3 is 0 Å². The highest BCUT2D eigenvalue weighted by molar-refractivity contribution is 7.11. The second-order valence-corrected chi connectivity index (χ2v) is 4.28. The highest BCUT2D eigenvalue weighted by Crippen LogP contribution is 2.15.